The van der Waals surface area contributed by atoms with Gasteiger partial charge in [0.05, 0.1) is 6.61 Å². The molecule has 0 rings (SSSR count). The fourth-order valence-corrected chi connectivity index (χ4v) is 0.329. The van der Waals surface area contributed by atoms with Gasteiger partial charge in [-0.25, -0.2) is 0 Å². The second-order valence-corrected chi connectivity index (χ2v) is 2.49. The van der Waals surface area contributed by atoms with Crippen LogP contribution >= 0.6 is 0 Å². The van der Waals surface area contributed by atoms with Gasteiger partial charge in [-0.15, -0.1) is 0 Å². The lowest BCUT2D eigenvalue weighted by molar-refractivity contribution is -0.147. The summed E-state index contributed by atoms with van der Waals surface area (Å²) in [5.41, 5.74) is 0. The summed E-state index contributed by atoms with van der Waals surface area (Å²) in [6.07, 6.45) is -0.806. The molecule has 0 aromatic rings. The lowest BCUT2D eigenvalue weighted by Gasteiger charge is -2.03. The zero-order valence-corrected chi connectivity index (χ0v) is 7.73. The Morgan fingerprint density at radius 1 is 1.15 bits per heavy atom. The van der Waals surface area contributed by atoms with Crippen molar-refractivity contribution in [3.05, 3.63) is 0 Å². The summed E-state index contributed by atoms with van der Waals surface area (Å²) in [6, 6.07) is 0. The molecule has 78 valence electrons. The molecule has 0 radical (unpaired) electrons. The largest absolute Gasteiger partial charge is 0.481 e. The van der Waals surface area contributed by atoms with Crippen LogP contribution in [0.3, 0.4) is 0 Å². The molecule has 0 saturated heterocycles. The zero-order valence-electron chi connectivity index (χ0n) is 7.73. The SMILES string of the molecule is CN(C)CCO.O=C(O)CC(=O)O. The number of aliphatic hydroxyl groups is 1. The van der Waals surface area contributed by atoms with Gasteiger partial charge in [0.2, 0.25) is 0 Å². The number of likely N-dealkylation sites (N-methyl/N-ethyl adjacent to an activating group) is 1. The van der Waals surface area contributed by atoms with Crippen molar-refractivity contribution in [2.24, 2.45) is 0 Å². The van der Waals surface area contributed by atoms with E-state index in [4.69, 9.17) is 15.3 Å². The van der Waals surface area contributed by atoms with E-state index in [1.165, 1.54) is 0 Å². The number of aliphatic carboxylic acids is 2. The summed E-state index contributed by atoms with van der Waals surface area (Å²) in [5, 5.41) is 23.6. The molecule has 0 aromatic heterocycles. The predicted octanol–water partition coefficient (Wildman–Crippen LogP) is -0.914. The second kappa shape index (κ2) is 8.95. The summed E-state index contributed by atoms with van der Waals surface area (Å²) in [4.78, 5) is 20.8. The summed E-state index contributed by atoms with van der Waals surface area (Å²) < 4.78 is 0. The smallest absolute Gasteiger partial charge is 0.314 e. The lowest BCUT2D eigenvalue weighted by Crippen LogP contribution is -2.15. The minimum Gasteiger partial charge on any atom is -0.481 e. The van der Waals surface area contributed by atoms with Crippen LogP contribution in [0.5, 0.6) is 0 Å². The molecule has 0 spiro atoms. The number of carboxylic acids is 2. The Kier molecular flexibility index (Phi) is 9.91. The maximum Gasteiger partial charge on any atom is 0.314 e. The van der Waals surface area contributed by atoms with E-state index >= 15 is 0 Å². The van der Waals surface area contributed by atoms with E-state index in [1.807, 2.05) is 19.0 Å². The molecule has 0 bridgehead atoms. The molecule has 3 N–H and O–H groups in total. The Morgan fingerprint density at radius 3 is 1.54 bits per heavy atom. The normalized spacial score (nSPS) is 8.92. The molecule has 0 aromatic carbocycles. The van der Waals surface area contributed by atoms with Gasteiger partial charge in [-0.2, -0.15) is 0 Å². The van der Waals surface area contributed by atoms with Crippen LogP contribution < -0.4 is 0 Å². The predicted molar refractivity (Wildman–Crippen MR) is 45.5 cm³/mol. The highest BCUT2D eigenvalue weighted by molar-refractivity contribution is 5.88. The third kappa shape index (κ3) is 24.8. The lowest BCUT2D eigenvalue weighted by atomic mass is 10.5. The number of hydrogen-bond acceptors (Lipinski definition) is 4. The molecule has 0 aliphatic rings. The molecule has 0 aliphatic heterocycles. The summed E-state index contributed by atoms with van der Waals surface area (Å²) in [7, 11) is 3.85. The molecular formula is C7H15NO5. The summed E-state index contributed by atoms with van der Waals surface area (Å²) >= 11 is 0. The van der Waals surface area contributed by atoms with Gasteiger partial charge in [-0.05, 0) is 14.1 Å². The molecular weight excluding hydrogens is 178 g/mol. The number of nitrogens with zero attached hydrogens (tertiary/aromatic N) is 1. The van der Waals surface area contributed by atoms with Gasteiger partial charge in [-0.1, -0.05) is 0 Å². The van der Waals surface area contributed by atoms with Crippen molar-refractivity contribution in [1.29, 1.82) is 0 Å². The van der Waals surface area contributed by atoms with Gasteiger partial charge < -0.3 is 20.2 Å². The first-order valence-electron chi connectivity index (χ1n) is 3.59. The Bertz CT molecular complexity index is 145. The standard InChI is InChI=1S/C4H11NO.C3H4O4/c1-5(2)3-4-6;4-2(5)1-3(6)7/h6H,3-4H2,1-2H3;1H2,(H,4,5)(H,6,7). The molecule has 6 nitrogen and oxygen atoms in total. The number of carbonyl (C=O) groups is 2. The quantitative estimate of drug-likeness (QED) is 0.500. The minimum atomic E-state index is -1.31. The van der Waals surface area contributed by atoms with Gasteiger partial charge in [0.25, 0.3) is 0 Å². The average molecular weight is 193 g/mol. The van der Waals surface area contributed by atoms with Crippen LogP contribution in [-0.2, 0) is 9.59 Å². The average Bonchev–Trinajstić information content (AvgIpc) is 1.83. The molecule has 0 amide bonds. The maximum atomic E-state index is 9.43. The number of rotatable bonds is 4. The maximum absolute atomic E-state index is 9.43. The van der Waals surface area contributed by atoms with Crippen molar-refractivity contribution in [2.75, 3.05) is 27.2 Å². The van der Waals surface area contributed by atoms with Crippen LogP contribution in [0.25, 0.3) is 0 Å². The number of carboxylic acid groups (broad SMARTS) is 2. The molecule has 0 fully saturated rings. The Hall–Kier alpha value is -1.14. The Balaban J connectivity index is 0. The van der Waals surface area contributed by atoms with Crippen LogP contribution in [0.1, 0.15) is 6.42 Å². The zero-order chi connectivity index (χ0) is 10.9. The van der Waals surface area contributed by atoms with Crippen molar-refractivity contribution >= 4 is 11.9 Å². The molecule has 0 unspecified atom stereocenters. The van der Waals surface area contributed by atoms with Gasteiger partial charge >= 0.3 is 11.9 Å². The van der Waals surface area contributed by atoms with E-state index in [0.29, 0.717) is 0 Å². The fraction of sp³-hybridized carbons (Fsp3) is 0.714. The van der Waals surface area contributed by atoms with Gasteiger partial charge in [0.15, 0.2) is 0 Å². The van der Waals surface area contributed by atoms with Crippen LogP contribution in [0, 0.1) is 0 Å². The molecule has 0 atom stereocenters. The van der Waals surface area contributed by atoms with Crippen LogP contribution in [0.2, 0.25) is 0 Å². The van der Waals surface area contributed by atoms with E-state index < -0.39 is 18.4 Å². The molecule has 6 heteroatoms. The highest BCUT2D eigenvalue weighted by Crippen LogP contribution is 1.74. The monoisotopic (exact) mass is 193 g/mol. The highest BCUT2D eigenvalue weighted by atomic mass is 16.4. The summed E-state index contributed by atoms with van der Waals surface area (Å²) in [6.45, 7) is 1.02. The van der Waals surface area contributed by atoms with E-state index in [1.54, 1.807) is 0 Å². The van der Waals surface area contributed by atoms with Gasteiger partial charge in [0, 0.05) is 6.54 Å². The van der Waals surface area contributed by atoms with E-state index in [-0.39, 0.29) is 6.61 Å². The van der Waals surface area contributed by atoms with Crippen molar-refractivity contribution in [3.8, 4) is 0 Å². The first kappa shape index (κ1) is 14.4. The van der Waals surface area contributed by atoms with Crippen molar-refractivity contribution in [2.45, 2.75) is 6.42 Å². The fourth-order valence-electron chi connectivity index (χ4n) is 0.329. The van der Waals surface area contributed by atoms with Crippen molar-refractivity contribution in [3.63, 3.8) is 0 Å². The molecule has 0 aliphatic carbocycles. The third-order valence-electron chi connectivity index (χ3n) is 0.850. The van der Waals surface area contributed by atoms with Gasteiger partial charge in [0.1, 0.15) is 6.42 Å². The summed E-state index contributed by atoms with van der Waals surface area (Å²) in [5.74, 6) is -2.62. The molecule has 0 heterocycles. The van der Waals surface area contributed by atoms with Gasteiger partial charge in [-0.3, -0.25) is 9.59 Å². The van der Waals surface area contributed by atoms with Crippen molar-refractivity contribution < 1.29 is 24.9 Å². The minimum absolute atomic E-state index is 0.257. The topological polar surface area (TPSA) is 98.1 Å². The van der Waals surface area contributed by atoms with Crippen LogP contribution in [0.15, 0.2) is 0 Å². The van der Waals surface area contributed by atoms with Crippen molar-refractivity contribution in [1.82, 2.24) is 4.90 Å². The van der Waals surface area contributed by atoms with E-state index in [0.717, 1.165) is 6.54 Å². The van der Waals surface area contributed by atoms with E-state index in [9.17, 15) is 9.59 Å². The van der Waals surface area contributed by atoms with E-state index in [2.05, 4.69) is 0 Å². The number of hydrogen-bond donors (Lipinski definition) is 3. The first-order valence-corrected chi connectivity index (χ1v) is 3.59. The van der Waals surface area contributed by atoms with Crippen LogP contribution in [-0.4, -0.2) is 59.4 Å². The first-order chi connectivity index (χ1) is 5.90. The molecule has 13 heavy (non-hydrogen) atoms. The molecule has 0 saturated carbocycles. The third-order valence-corrected chi connectivity index (χ3v) is 0.850. The second-order valence-electron chi connectivity index (χ2n) is 2.49. The van der Waals surface area contributed by atoms with Crippen LogP contribution in [0.4, 0.5) is 0 Å². The Morgan fingerprint density at radius 2 is 1.54 bits per heavy atom. The highest BCUT2D eigenvalue weighted by Gasteiger charge is 2.01. The number of aliphatic hydroxyl groups excluding tert-OH is 1. The Labute approximate surface area is 76.4 Å².